The monoisotopic (exact) mass is 301 g/mol. The van der Waals surface area contributed by atoms with Crippen molar-refractivity contribution in [2.24, 2.45) is 5.92 Å². The highest BCUT2D eigenvalue weighted by molar-refractivity contribution is 5.44. The van der Waals surface area contributed by atoms with E-state index in [4.69, 9.17) is 9.47 Å². The number of likely N-dealkylation sites (tertiary alicyclic amines) is 1. The second kappa shape index (κ2) is 6.49. The Morgan fingerprint density at radius 2 is 1.73 bits per heavy atom. The Morgan fingerprint density at radius 1 is 0.909 bits per heavy atom. The van der Waals surface area contributed by atoms with E-state index in [1.807, 2.05) is 0 Å². The van der Waals surface area contributed by atoms with E-state index in [2.05, 4.69) is 23.1 Å². The average molecular weight is 301 g/mol. The first kappa shape index (κ1) is 14.4. The summed E-state index contributed by atoms with van der Waals surface area (Å²) in [4.78, 5) is 2.72. The van der Waals surface area contributed by atoms with E-state index in [9.17, 15) is 0 Å². The lowest BCUT2D eigenvalue weighted by Gasteiger charge is -2.31. The van der Waals surface area contributed by atoms with Crippen LogP contribution in [0.5, 0.6) is 11.5 Å². The Bertz CT molecular complexity index is 510. The fraction of sp³-hybridized carbons (Fsp3) is 0.684. The van der Waals surface area contributed by atoms with Gasteiger partial charge >= 0.3 is 0 Å². The molecule has 2 heterocycles. The van der Waals surface area contributed by atoms with Crippen molar-refractivity contribution in [2.75, 3.05) is 26.3 Å². The maximum absolute atomic E-state index is 5.77. The van der Waals surface area contributed by atoms with Gasteiger partial charge in [0.25, 0.3) is 0 Å². The average Bonchev–Trinajstić information content (AvgIpc) is 3.03. The van der Waals surface area contributed by atoms with Crippen LogP contribution in [-0.2, 0) is 0 Å². The molecule has 3 aliphatic rings. The summed E-state index contributed by atoms with van der Waals surface area (Å²) in [5.74, 6) is 2.77. The molecule has 0 N–H and O–H groups in total. The van der Waals surface area contributed by atoms with Crippen molar-refractivity contribution in [3.8, 4) is 11.5 Å². The molecule has 0 spiro atoms. The molecule has 1 aliphatic carbocycles. The molecule has 1 saturated heterocycles. The molecule has 0 radical (unpaired) electrons. The number of fused-ring (bicyclic) bond motifs is 1. The fourth-order valence-corrected chi connectivity index (χ4v) is 4.39. The van der Waals surface area contributed by atoms with Gasteiger partial charge in [-0.15, -0.1) is 0 Å². The zero-order valence-electron chi connectivity index (χ0n) is 13.4. The first-order valence-electron chi connectivity index (χ1n) is 9.04. The summed E-state index contributed by atoms with van der Waals surface area (Å²) in [6, 6.07) is 7.15. The van der Waals surface area contributed by atoms with Crippen molar-refractivity contribution >= 4 is 0 Å². The first-order valence-corrected chi connectivity index (χ1v) is 9.04. The van der Waals surface area contributed by atoms with Crippen LogP contribution in [0.2, 0.25) is 0 Å². The largest absolute Gasteiger partial charge is 0.486 e. The Balaban J connectivity index is 1.48. The summed E-state index contributed by atoms with van der Waals surface area (Å²) in [5.41, 5.74) is 1.41. The minimum Gasteiger partial charge on any atom is -0.486 e. The maximum Gasteiger partial charge on any atom is 0.161 e. The lowest BCUT2D eigenvalue weighted by molar-refractivity contribution is 0.169. The molecule has 120 valence electrons. The van der Waals surface area contributed by atoms with Gasteiger partial charge in [0.05, 0.1) is 0 Å². The van der Waals surface area contributed by atoms with Gasteiger partial charge in [0.1, 0.15) is 13.2 Å². The molecule has 1 atom stereocenters. The minimum absolute atomic E-state index is 0.581. The summed E-state index contributed by atoms with van der Waals surface area (Å²) in [5, 5.41) is 0. The van der Waals surface area contributed by atoms with Gasteiger partial charge in [-0.3, -0.25) is 4.90 Å². The van der Waals surface area contributed by atoms with Crippen LogP contribution in [0.3, 0.4) is 0 Å². The molecule has 22 heavy (non-hydrogen) atoms. The zero-order chi connectivity index (χ0) is 14.8. The molecule has 1 unspecified atom stereocenters. The molecule has 1 saturated carbocycles. The van der Waals surface area contributed by atoms with Gasteiger partial charge in [0, 0.05) is 12.6 Å². The Hall–Kier alpha value is -1.22. The van der Waals surface area contributed by atoms with E-state index in [0.717, 1.165) is 17.4 Å². The molecule has 3 nitrogen and oxygen atoms in total. The number of benzene rings is 1. The molecule has 4 rings (SSSR count). The van der Waals surface area contributed by atoms with E-state index < -0.39 is 0 Å². The van der Waals surface area contributed by atoms with Gasteiger partial charge in [-0.1, -0.05) is 25.3 Å². The van der Waals surface area contributed by atoms with Gasteiger partial charge in [-0.25, -0.2) is 0 Å². The van der Waals surface area contributed by atoms with Gasteiger partial charge in [0.2, 0.25) is 0 Å². The second-order valence-corrected chi connectivity index (χ2v) is 7.06. The van der Waals surface area contributed by atoms with Crippen molar-refractivity contribution in [1.82, 2.24) is 4.90 Å². The van der Waals surface area contributed by atoms with Crippen LogP contribution in [0, 0.1) is 5.92 Å². The quantitative estimate of drug-likeness (QED) is 0.836. The fourth-order valence-electron chi connectivity index (χ4n) is 4.39. The van der Waals surface area contributed by atoms with Gasteiger partial charge in [0.15, 0.2) is 11.5 Å². The molecule has 2 fully saturated rings. The van der Waals surface area contributed by atoms with Crippen molar-refractivity contribution < 1.29 is 9.47 Å². The summed E-state index contributed by atoms with van der Waals surface area (Å²) < 4.78 is 11.4. The summed E-state index contributed by atoms with van der Waals surface area (Å²) in [6.07, 6.45) is 9.80. The Labute approximate surface area is 133 Å². The van der Waals surface area contributed by atoms with Crippen molar-refractivity contribution in [3.63, 3.8) is 0 Å². The number of hydrogen-bond acceptors (Lipinski definition) is 3. The van der Waals surface area contributed by atoms with Crippen LogP contribution in [-0.4, -0.2) is 31.2 Å². The summed E-state index contributed by atoms with van der Waals surface area (Å²) in [7, 11) is 0. The SMILES string of the molecule is c1cc2c(cc1C1CCCN1CC1CCCCC1)OCCO2. The lowest BCUT2D eigenvalue weighted by Crippen LogP contribution is -2.30. The van der Waals surface area contributed by atoms with E-state index in [0.29, 0.717) is 19.3 Å². The highest BCUT2D eigenvalue weighted by atomic mass is 16.6. The van der Waals surface area contributed by atoms with E-state index in [-0.39, 0.29) is 0 Å². The van der Waals surface area contributed by atoms with Crippen molar-refractivity contribution in [2.45, 2.75) is 51.0 Å². The normalized spacial score (nSPS) is 26.3. The molecule has 3 heteroatoms. The van der Waals surface area contributed by atoms with Crippen molar-refractivity contribution in [1.29, 1.82) is 0 Å². The highest BCUT2D eigenvalue weighted by Gasteiger charge is 2.29. The molecule has 0 aromatic heterocycles. The van der Waals surface area contributed by atoms with E-state index in [1.54, 1.807) is 0 Å². The Morgan fingerprint density at radius 3 is 2.59 bits per heavy atom. The summed E-state index contributed by atoms with van der Waals surface area (Å²) >= 11 is 0. The van der Waals surface area contributed by atoms with Crippen molar-refractivity contribution in [3.05, 3.63) is 23.8 Å². The smallest absolute Gasteiger partial charge is 0.161 e. The topological polar surface area (TPSA) is 21.7 Å². The van der Waals surface area contributed by atoms with E-state index in [1.165, 1.54) is 63.6 Å². The summed E-state index contributed by atoms with van der Waals surface area (Å²) in [6.45, 7) is 3.89. The third-order valence-electron chi connectivity index (χ3n) is 5.53. The van der Waals surface area contributed by atoms with Crippen LogP contribution in [0.25, 0.3) is 0 Å². The first-order chi connectivity index (χ1) is 10.9. The zero-order valence-corrected chi connectivity index (χ0v) is 13.4. The molecule has 2 aliphatic heterocycles. The molecule has 0 amide bonds. The van der Waals surface area contributed by atoms with Gasteiger partial charge < -0.3 is 9.47 Å². The van der Waals surface area contributed by atoms with E-state index >= 15 is 0 Å². The third kappa shape index (κ3) is 2.96. The predicted molar refractivity (Wildman–Crippen MR) is 87.6 cm³/mol. The predicted octanol–water partition coefficient (Wildman–Crippen LogP) is 4.18. The molecule has 1 aromatic carbocycles. The van der Waals surface area contributed by atoms with Crippen LogP contribution >= 0.6 is 0 Å². The number of nitrogens with zero attached hydrogens (tertiary/aromatic N) is 1. The number of ether oxygens (including phenoxy) is 2. The van der Waals surface area contributed by atoms with Gasteiger partial charge in [-0.2, -0.15) is 0 Å². The maximum atomic E-state index is 5.77. The molecule has 1 aromatic rings. The number of rotatable bonds is 3. The third-order valence-corrected chi connectivity index (χ3v) is 5.53. The molecule has 0 bridgehead atoms. The molecular formula is C19H27NO2. The Kier molecular flexibility index (Phi) is 4.24. The van der Waals surface area contributed by atoms with Crippen LogP contribution in [0.15, 0.2) is 18.2 Å². The van der Waals surface area contributed by atoms with Crippen LogP contribution < -0.4 is 9.47 Å². The number of hydrogen-bond donors (Lipinski definition) is 0. The second-order valence-electron chi connectivity index (χ2n) is 7.06. The van der Waals surface area contributed by atoms with Crippen LogP contribution in [0.1, 0.15) is 56.6 Å². The lowest BCUT2D eigenvalue weighted by atomic mass is 9.88. The van der Waals surface area contributed by atoms with Gasteiger partial charge in [-0.05, 0) is 55.8 Å². The minimum atomic E-state index is 0.581. The standard InChI is InChI=1S/C19H27NO2/c1-2-5-15(6-3-1)14-20-10-4-7-17(20)16-8-9-18-19(13-16)22-12-11-21-18/h8-9,13,15,17H,1-7,10-12,14H2. The highest BCUT2D eigenvalue weighted by Crippen LogP contribution is 2.39. The molecular weight excluding hydrogens is 274 g/mol. The van der Waals surface area contributed by atoms with Crippen LogP contribution in [0.4, 0.5) is 0 Å².